The van der Waals surface area contributed by atoms with Crippen LogP contribution in [0, 0.1) is 17.0 Å². The van der Waals surface area contributed by atoms with Gasteiger partial charge in [-0.1, -0.05) is 12.1 Å². The van der Waals surface area contributed by atoms with Crippen molar-refractivity contribution in [3.63, 3.8) is 0 Å². The lowest BCUT2D eigenvalue weighted by Crippen LogP contribution is -2.33. The van der Waals surface area contributed by atoms with Crippen molar-refractivity contribution in [1.82, 2.24) is 10.6 Å². The zero-order valence-corrected chi connectivity index (χ0v) is 10.5. The molecule has 0 aliphatic rings. The molecule has 0 heterocycles. The first kappa shape index (κ1) is 14.1. The third kappa shape index (κ3) is 4.14. The molecule has 18 heavy (non-hydrogen) atoms. The Morgan fingerprint density at radius 3 is 2.78 bits per heavy atom. The molecule has 6 heteroatoms. The van der Waals surface area contributed by atoms with Gasteiger partial charge in [0.25, 0.3) is 5.69 Å². The highest BCUT2D eigenvalue weighted by atomic mass is 16.6. The summed E-state index contributed by atoms with van der Waals surface area (Å²) in [7, 11) is 0. The topological polar surface area (TPSA) is 84.3 Å². The first-order valence-corrected chi connectivity index (χ1v) is 5.76. The quantitative estimate of drug-likeness (QED) is 0.586. The van der Waals surface area contributed by atoms with E-state index in [1.165, 1.54) is 6.07 Å². The van der Waals surface area contributed by atoms with Gasteiger partial charge in [-0.15, -0.1) is 0 Å². The maximum Gasteiger partial charge on any atom is 0.272 e. The van der Waals surface area contributed by atoms with Gasteiger partial charge in [-0.25, -0.2) is 0 Å². The molecule has 0 atom stereocenters. The van der Waals surface area contributed by atoms with Crippen LogP contribution in [0.25, 0.3) is 0 Å². The third-order valence-electron chi connectivity index (χ3n) is 2.46. The van der Waals surface area contributed by atoms with Crippen LogP contribution in [0.2, 0.25) is 0 Å². The van der Waals surface area contributed by atoms with Gasteiger partial charge >= 0.3 is 0 Å². The van der Waals surface area contributed by atoms with Crippen molar-refractivity contribution in [3.05, 3.63) is 39.4 Å². The average Bonchev–Trinajstić information content (AvgIpc) is 2.31. The van der Waals surface area contributed by atoms with E-state index in [4.69, 9.17) is 0 Å². The number of nitro groups is 1. The minimum Gasteiger partial charge on any atom is -0.355 e. The van der Waals surface area contributed by atoms with Crippen molar-refractivity contribution in [2.24, 2.45) is 0 Å². The van der Waals surface area contributed by atoms with E-state index in [1.54, 1.807) is 13.0 Å². The van der Waals surface area contributed by atoms with Crippen LogP contribution in [0.15, 0.2) is 18.2 Å². The fourth-order valence-electron chi connectivity index (χ4n) is 1.54. The van der Waals surface area contributed by atoms with E-state index >= 15 is 0 Å². The molecule has 98 valence electrons. The molecular weight excluding hydrogens is 234 g/mol. The Hall–Kier alpha value is -1.95. The molecule has 1 aromatic carbocycles. The van der Waals surface area contributed by atoms with Crippen LogP contribution in [0.3, 0.4) is 0 Å². The van der Waals surface area contributed by atoms with Crippen molar-refractivity contribution < 1.29 is 9.72 Å². The summed E-state index contributed by atoms with van der Waals surface area (Å²) in [6.45, 7) is 4.77. The minimum absolute atomic E-state index is 0.0842. The van der Waals surface area contributed by atoms with Crippen molar-refractivity contribution >= 4 is 11.6 Å². The lowest BCUT2D eigenvalue weighted by atomic mass is 10.1. The number of aryl methyl sites for hydroxylation is 1. The van der Waals surface area contributed by atoms with Gasteiger partial charge in [-0.05, 0) is 19.4 Å². The second kappa shape index (κ2) is 6.70. The van der Waals surface area contributed by atoms with Crippen LogP contribution in [0.5, 0.6) is 0 Å². The number of benzene rings is 1. The largest absolute Gasteiger partial charge is 0.355 e. The predicted octanol–water partition coefficient (Wildman–Crippen LogP) is 1.13. The van der Waals surface area contributed by atoms with E-state index in [1.807, 2.05) is 13.0 Å². The second-order valence-corrected chi connectivity index (χ2v) is 3.94. The van der Waals surface area contributed by atoms with Gasteiger partial charge in [0.2, 0.25) is 5.91 Å². The summed E-state index contributed by atoms with van der Waals surface area (Å²) in [5.74, 6) is -0.0842. The van der Waals surface area contributed by atoms with Gasteiger partial charge in [0.05, 0.1) is 11.5 Å². The Morgan fingerprint density at radius 2 is 2.17 bits per heavy atom. The van der Waals surface area contributed by atoms with Crippen molar-refractivity contribution in [1.29, 1.82) is 0 Å². The summed E-state index contributed by atoms with van der Waals surface area (Å²) < 4.78 is 0. The number of carbonyl (C=O) groups is 1. The van der Waals surface area contributed by atoms with E-state index < -0.39 is 4.92 Å². The zero-order valence-electron chi connectivity index (χ0n) is 10.5. The molecule has 0 radical (unpaired) electrons. The highest BCUT2D eigenvalue weighted by molar-refractivity contribution is 5.77. The smallest absolute Gasteiger partial charge is 0.272 e. The third-order valence-corrected chi connectivity index (χ3v) is 2.46. The number of likely N-dealkylation sites (N-methyl/N-ethyl adjacent to an activating group) is 1. The van der Waals surface area contributed by atoms with Crippen LogP contribution in [0.4, 0.5) is 5.69 Å². The number of rotatable bonds is 6. The Labute approximate surface area is 106 Å². The maximum atomic E-state index is 11.2. The van der Waals surface area contributed by atoms with E-state index in [0.29, 0.717) is 18.7 Å². The molecule has 6 nitrogen and oxygen atoms in total. The summed E-state index contributed by atoms with van der Waals surface area (Å²) >= 11 is 0. The molecule has 0 spiro atoms. The number of nitro benzene ring substituents is 1. The Balaban J connectivity index is 2.55. The molecule has 1 aromatic rings. The van der Waals surface area contributed by atoms with Gasteiger partial charge in [0.1, 0.15) is 0 Å². The Bertz CT molecular complexity index is 446. The van der Waals surface area contributed by atoms with Gasteiger partial charge in [-0.2, -0.15) is 0 Å². The van der Waals surface area contributed by atoms with Crippen LogP contribution in [-0.4, -0.2) is 23.9 Å². The summed E-state index contributed by atoms with van der Waals surface area (Å²) in [6, 6.07) is 5.05. The van der Waals surface area contributed by atoms with Crippen molar-refractivity contribution in [2.45, 2.75) is 20.4 Å². The Morgan fingerprint density at radius 1 is 1.44 bits per heavy atom. The van der Waals surface area contributed by atoms with Crippen LogP contribution in [0.1, 0.15) is 18.1 Å². The minimum atomic E-state index is -0.400. The number of nitrogens with zero attached hydrogens (tertiary/aromatic N) is 1. The molecule has 1 rings (SSSR count). The first-order chi connectivity index (χ1) is 8.54. The standard InChI is InChI=1S/C12H17N3O3/c1-3-14-12(16)8-13-7-10-5-4-9(2)11(6-10)15(17)18/h4-6,13H,3,7-8H2,1-2H3,(H,14,16). The normalized spacial score (nSPS) is 10.1. The van der Waals surface area contributed by atoms with Gasteiger partial charge in [0, 0.05) is 24.7 Å². The molecule has 0 bridgehead atoms. The van der Waals surface area contributed by atoms with Gasteiger partial charge in [-0.3, -0.25) is 14.9 Å². The number of hydrogen-bond acceptors (Lipinski definition) is 4. The SMILES string of the molecule is CCNC(=O)CNCc1ccc(C)c([N+](=O)[O-])c1. The summed E-state index contributed by atoms with van der Waals surface area (Å²) in [5, 5.41) is 16.4. The van der Waals surface area contributed by atoms with Gasteiger partial charge < -0.3 is 10.6 Å². The lowest BCUT2D eigenvalue weighted by molar-refractivity contribution is -0.385. The number of hydrogen-bond donors (Lipinski definition) is 2. The fraction of sp³-hybridized carbons (Fsp3) is 0.417. The molecule has 0 aliphatic carbocycles. The zero-order chi connectivity index (χ0) is 13.5. The van der Waals surface area contributed by atoms with Gasteiger partial charge in [0.15, 0.2) is 0 Å². The van der Waals surface area contributed by atoms with E-state index in [-0.39, 0.29) is 18.1 Å². The van der Waals surface area contributed by atoms with Crippen LogP contribution < -0.4 is 10.6 Å². The highest BCUT2D eigenvalue weighted by Gasteiger charge is 2.10. The first-order valence-electron chi connectivity index (χ1n) is 5.76. The molecule has 0 aromatic heterocycles. The second-order valence-electron chi connectivity index (χ2n) is 3.94. The molecule has 1 amide bonds. The fourth-order valence-corrected chi connectivity index (χ4v) is 1.54. The van der Waals surface area contributed by atoms with Crippen molar-refractivity contribution in [3.8, 4) is 0 Å². The molecule has 0 saturated heterocycles. The molecule has 0 aliphatic heterocycles. The van der Waals surface area contributed by atoms with E-state index in [9.17, 15) is 14.9 Å². The monoisotopic (exact) mass is 251 g/mol. The molecule has 0 fully saturated rings. The highest BCUT2D eigenvalue weighted by Crippen LogP contribution is 2.18. The maximum absolute atomic E-state index is 11.2. The van der Waals surface area contributed by atoms with E-state index in [2.05, 4.69) is 10.6 Å². The van der Waals surface area contributed by atoms with E-state index in [0.717, 1.165) is 5.56 Å². The number of carbonyl (C=O) groups excluding carboxylic acids is 1. The van der Waals surface area contributed by atoms with Crippen molar-refractivity contribution in [2.75, 3.05) is 13.1 Å². The molecular formula is C12H17N3O3. The average molecular weight is 251 g/mol. The molecule has 0 unspecified atom stereocenters. The summed E-state index contributed by atoms with van der Waals surface area (Å²) in [6.07, 6.45) is 0. The number of amides is 1. The Kier molecular flexibility index (Phi) is 5.26. The summed E-state index contributed by atoms with van der Waals surface area (Å²) in [4.78, 5) is 21.5. The predicted molar refractivity (Wildman–Crippen MR) is 68.2 cm³/mol. The van der Waals surface area contributed by atoms with Crippen LogP contribution in [-0.2, 0) is 11.3 Å². The van der Waals surface area contributed by atoms with Crippen LogP contribution >= 0.6 is 0 Å². The number of nitrogens with one attached hydrogen (secondary N) is 2. The molecule has 2 N–H and O–H groups in total. The summed E-state index contributed by atoms with van der Waals surface area (Å²) in [5.41, 5.74) is 1.52. The molecule has 0 saturated carbocycles. The lowest BCUT2D eigenvalue weighted by Gasteiger charge is -2.06.